The van der Waals surface area contributed by atoms with Crippen LogP contribution in [0.2, 0.25) is 0 Å². The van der Waals surface area contributed by atoms with Gasteiger partial charge in [-0.05, 0) is 44.5 Å². The quantitative estimate of drug-likeness (QED) is 0.663. The zero-order valence-electron chi connectivity index (χ0n) is 15.4. The molecule has 0 radical (unpaired) electrons. The van der Waals surface area contributed by atoms with Gasteiger partial charge in [0.2, 0.25) is 0 Å². The molecule has 0 saturated heterocycles. The van der Waals surface area contributed by atoms with Crippen LogP contribution in [0.3, 0.4) is 0 Å². The maximum atomic E-state index is 13.0. The molecule has 2 N–H and O–H groups in total. The number of aryl methyl sites for hydroxylation is 3. The van der Waals surface area contributed by atoms with Crippen LogP contribution in [0.5, 0.6) is 0 Å². The number of hydrogen-bond acceptors (Lipinski definition) is 4. The van der Waals surface area contributed by atoms with Crippen molar-refractivity contribution in [2.75, 3.05) is 5.43 Å². The second-order valence-corrected chi connectivity index (χ2v) is 6.34. The normalized spacial score (nSPS) is 11.4. The summed E-state index contributed by atoms with van der Waals surface area (Å²) >= 11 is 0. The second-order valence-electron chi connectivity index (χ2n) is 6.34. The van der Waals surface area contributed by atoms with Crippen molar-refractivity contribution in [2.45, 2.75) is 26.9 Å². The lowest BCUT2D eigenvalue weighted by atomic mass is 10.1. The Morgan fingerprint density at radius 1 is 1.04 bits per heavy atom. The molecule has 146 valence electrons. The number of nitrogens with one attached hydrogen (secondary N) is 2. The van der Waals surface area contributed by atoms with E-state index in [1.54, 1.807) is 6.92 Å². The van der Waals surface area contributed by atoms with E-state index >= 15 is 0 Å². The molecule has 1 aromatic heterocycles. The minimum atomic E-state index is -4.55. The molecule has 0 fully saturated rings. The Morgan fingerprint density at radius 3 is 2.43 bits per heavy atom. The highest BCUT2D eigenvalue weighted by atomic mass is 19.4. The van der Waals surface area contributed by atoms with Crippen LogP contribution in [0.1, 0.15) is 32.9 Å². The molecule has 0 aliphatic carbocycles. The van der Waals surface area contributed by atoms with Crippen molar-refractivity contribution in [2.24, 2.45) is 0 Å². The minimum absolute atomic E-state index is 0.0111. The SMILES string of the molecule is Cc1ccc(-n2nc(C)c(C(=O)NNc3ccccc3C(F)(F)F)n2)c(C)c1. The van der Waals surface area contributed by atoms with Crippen molar-refractivity contribution < 1.29 is 18.0 Å². The monoisotopic (exact) mass is 389 g/mol. The Bertz CT molecular complexity index is 1030. The van der Waals surface area contributed by atoms with E-state index in [1.165, 1.54) is 23.0 Å². The van der Waals surface area contributed by atoms with E-state index in [4.69, 9.17) is 0 Å². The maximum Gasteiger partial charge on any atom is 0.418 e. The van der Waals surface area contributed by atoms with Gasteiger partial charge >= 0.3 is 6.18 Å². The molecular formula is C19H18F3N5O. The molecule has 3 aromatic rings. The van der Waals surface area contributed by atoms with E-state index in [0.717, 1.165) is 17.2 Å². The van der Waals surface area contributed by atoms with Gasteiger partial charge in [0.05, 0.1) is 22.6 Å². The summed E-state index contributed by atoms with van der Waals surface area (Å²) in [5.41, 5.74) is 6.51. The molecule has 0 aliphatic rings. The van der Waals surface area contributed by atoms with Crippen LogP contribution >= 0.6 is 0 Å². The Labute approximate surface area is 159 Å². The molecule has 2 aromatic carbocycles. The van der Waals surface area contributed by atoms with Crippen LogP contribution in [0.4, 0.5) is 18.9 Å². The number of amides is 1. The van der Waals surface area contributed by atoms with E-state index in [1.807, 2.05) is 32.0 Å². The van der Waals surface area contributed by atoms with E-state index in [0.29, 0.717) is 11.4 Å². The number of carbonyl (C=O) groups is 1. The largest absolute Gasteiger partial charge is 0.418 e. The average Bonchev–Trinajstić information content (AvgIpc) is 3.00. The first-order valence-corrected chi connectivity index (χ1v) is 8.41. The zero-order chi connectivity index (χ0) is 20.5. The van der Waals surface area contributed by atoms with Crippen molar-refractivity contribution in [1.82, 2.24) is 20.4 Å². The molecule has 0 atom stereocenters. The molecule has 0 unspecified atom stereocenters. The molecular weight excluding hydrogens is 371 g/mol. The summed E-state index contributed by atoms with van der Waals surface area (Å²) in [6.07, 6.45) is -4.55. The molecule has 1 heterocycles. The highest BCUT2D eigenvalue weighted by molar-refractivity contribution is 5.94. The smallest absolute Gasteiger partial charge is 0.298 e. The summed E-state index contributed by atoms with van der Waals surface area (Å²) in [5, 5.41) is 8.43. The predicted molar refractivity (Wildman–Crippen MR) is 98.1 cm³/mol. The summed E-state index contributed by atoms with van der Waals surface area (Å²) in [6, 6.07) is 10.6. The lowest BCUT2D eigenvalue weighted by molar-refractivity contribution is -0.137. The molecule has 0 aliphatic heterocycles. The highest BCUT2D eigenvalue weighted by Crippen LogP contribution is 2.34. The van der Waals surface area contributed by atoms with E-state index in [-0.39, 0.29) is 11.4 Å². The standard InChI is InChI=1S/C19H18F3N5O/c1-11-8-9-16(12(2)10-11)27-25-13(3)17(26-27)18(28)24-23-15-7-5-4-6-14(15)19(20,21)22/h4-10,23H,1-3H3,(H,24,28). The zero-order valence-corrected chi connectivity index (χ0v) is 15.4. The number of para-hydroxylation sites is 1. The van der Waals surface area contributed by atoms with Crippen LogP contribution in [-0.2, 0) is 6.18 Å². The summed E-state index contributed by atoms with van der Waals surface area (Å²) in [5.74, 6) is -0.689. The van der Waals surface area contributed by atoms with Gasteiger partial charge in [-0.3, -0.25) is 15.6 Å². The van der Waals surface area contributed by atoms with Gasteiger partial charge in [0.25, 0.3) is 5.91 Å². The number of hydrogen-bond donors (Lipinski definition) is 2. The van der Waals surface area contributed by atoms with Crippen molar-refractivity contribution in [3.63, 3.8) is 0 Å². The van der Waals surface area contributed by atoms with Gasteiger partial charge in [0, 0.05) is 0 Å². The van der Waals surface area contributed by atoms with Gasteiger partial charge in [-0.1, -0.05) is 29.8 Å². The Balaban J connectivity index is 1.80. The summed E-state index contributed by atoms with van der Waals surface area (Å²) < 4.78 is 39.1. The molecule has 28 heavy (non-hydrogen) atoms. The lowest BCUT2D eigenvalue weighted by Crippen LogP contribution is -2.31. The summed E-state index contributed by atoms with van der Waals surface area (Å²) in [4.78, 5) is 13.7. The van der Waals surface area contributed by atoms with Gasteiger partial charge in [0.15, 0.2) is 5.69 Å². The number of alkyl halides is 3. The number of halogens is 3. The second kappa shape index (κ2) is 7.34. The number of anilines is 1. The topological polar surface area (TPSA) is 71.8 Å². The summed E-state index contributed by atoms with van der Waals surface area (Å²) in [7, 11) is 0. The minimum Gasteiger partial charge on any atom is -0.298 e. The number of carbonyl (C=O) groups excluding carboxylic acids is 1. The Kier molecular flexibility index (Phi) is 5.08. The van der Waals surface area contributed by atoms with Gasteiger partial charge in [-0.25, -0.2) is 0 Å². The van der Waals surface area contributed by atoms with Crippen LogP contribution < -0.4 is 10.9 Å². The number of hydrazine groups is 1. The lowest BCUT2D eigenvalue weighted by Gasteiger charge is -2.14. The Morgan fingerprint density at radius 2 is 1.75 bits per heavy atom. The number of aromatic nitrogens is 3. The Hall–Kier alpha value is -3.36. The molecule has 6 nitrogen and oxygen atoms in total. The highest BCUT2D eigenvalue weighted by Gasteiger charge is 2.33. The summed E-state index contributed by atoms with van der Waals surface area (Å²) in [6.45, 7) is 5.46. The number of rotatable bonds is 4. The van der Waals surface area contributed by atoms with Crippen LogP contribution in [0.25, 0.3) is 5.69 Å². The molecule has 9 heteroatoms. The van der Waals surface area contributed by atoms with Gasteiger partial charge in [0.1, 0.15) is 0 Å². The van der Waals surface area contributed by atoms with E-state index in [2.05, 4.69) is 21.0 Å². The van der Waals surface area contributed by atoms with Crippen LogP contribution in [0.15, 0.2) is 42.5 Å². The molecule has 3 rings (SSSR count). The average molecular weight is 389 g/mol. The van der Waals surface area contributed by atoms with Crippen molar-refractivity contribution in [3.05, 3.63) is 70.5 Å². The fourth-order valence-electron chi connectivity index (χ4n) is 2.75. The predicted octanol–water partition coefficient (Wildman–Crippen LogP) is 3.97. The van der Waals surface area contributed by atoms with Crippen molar-refractivity contribution >= 4 is 11.6 Å². The molecule has 0 saturated carbocycles. The van der Waals surface area contributed by atoms with Crippen LogP contribution in [-0.4, -0.2) is 20.9 Å². The van der Waals surface area contributed by atoms with Crippen LogP contribution in [0, 0.1) is 20.8 Å². The molecule has 0 spiro atoms. The van der Waals surface area contributed by atoms with Gasteiger partial charge in [-0.15, -0.1) is 5.10 Å². The fourth-order valence-corrected chi connectivity index (χ4v) is 2.75. The van der Waals surface area contributed by atoms with E-state index < -0.39 is 17.6 Å². The van der Waals surface area contributed by atoms with Crippen molar-refractivity contribution in [3.8, 4) is 5.69 Å². The van der Waals surface area contributed by atoms with Gasteiger partial charge in [-0.2, -0.15) is 23.1 Å². The number of benzene rings is 2. The number of nitrogens with zero attached hydrogens (tertiary/aromatic N) is 3. The maximum absolute atomic E-state index is 13.0. The third kappa shape index (κ3) is 3.98. The van der Waals surface area contributed by atoms with Gasteiger partial charge < -0.3 is 0 Å². The van der Waals surface area contributed by atoms with E-state index in [9.17, 15) is 18.0 Å². The molecule has 0 bridgehead atoms. The first-order valence-electron chi connectivity index (χ1n) is 8.41. The first kappa shape index (κ1) is 19.4. The van der Waals surface area contributed by atoms with Crippen molar-refractivity contribution in [1.29, 1.82) is 0 Å². The third-order valence-corrected chi connectivity index (χ3v) is 4.11. The molecule has 1 amide bonds. The third-order valence-electron chi connectivity index (χ3n) is 4.11. The first-order chi connectivity index (χ1) is 13.2. The fraction of sp³-hybridized carbons (Fsp3) is 0.211.